The molecule has 0 aliphatic carbocycles. The van der Waals surface area contributed by atoms with Crippen LogP contribution in [-0.4, -0.2) is 30.1 Å². The van der Waals surface area contributed by atoms with E-state index in [1.54, 1.807) is 0 Å². The van der Waals surface area contributed by atoms with Crippen molar-refractivity contribution in [1.82, 2.24) is 4.90 Å². The Morgan fingerprint density at radius 3 is 1.86 bits per heavy atom. The summed E-state index contributed by atoms with van der Waals surface area (Å²) in [6, 6.07) is 0.768. The Morgan fingerprint density at radius 2 is 1.57 bits per heavy atom. The smallest absolute Gasteiger partial charge is 0.0216 e. The van der Waals surface area contributed by atoms with Gasteiger partial charge in [0.1, 0.15) is 0 Å². The summed E-state index contributed by atoms with van der Waals surface area (Å²) in [7, 11) is 0. The summed E-state index contributed by atoms with van der Waals surface area (Å²) in [6.07, 6.45) is 2.55. The standard InChI is InChI=1S/C12H28N2/c1-6-12(7-2)9-14(8-3)11(5)10(4)13/h10-12H,6-9,13H2,1-5H3. The highest BCUT2D eigenvalue weighted by Crippen LogP contribution is 2.12. The van der Waals surface area contributed by atoms with Crippen LogP contribution in [0.2, 0.25) is 0 Å². The number of nitrogens with two attached hydrogens (primary N) is 1. The quantitative estimate of drug-likeness (QED) is 0.684. The molecule has 0 aromatic heterocycles. The summed E-state index contributed by atoms with van der Waals surface area (Å²) >= 11 is 0. The van der Waals surface area contributed by atoms with Crippen LogP contribution in [0.15, 0.2) is 0 Å². The topological polar surface area (TPSA) is 29.3 Å². The average molecular weight is 200 g/mol. The molecular weight excluding hydrogens is 172 g/mol. The van der Waals surface area contributed by atoms with Crippen LogP contribution in [-0.2, 0) is 0 Å². The summed E-state index contributed by atoms with van der Waals surface area (Å²) in [6.45, 7) is 13.4. The van der Waals surface area contributed by atoms with Gasteiger partial charge in [0.25, 0.3) is 0 Å². The second-order valence-electron chi connectivity index (χ2n) is 4.37. The molecule has 2 unspecified atom stereocenters. The Bertz CT molecular complexity index is 130. The molecule has 0 spiro atoms. The Hall–Kier alpha value is -0.0800. The van der Waals surface area contributed by atoms with Crippen LogP contribution in [0.25, 0.3) is 0 Å². The molecule has 2 N–H and O–H groups in total. The first-order chi connectivity index (χ1) is 6.56. The molecule has 0 aromatic rings. The first-order valence-corrected chi connectivity index (χ1v) is 6.06. The zero-order valence-corrected chi connectivity index (χ0v) is 10.6. The molecule has 0 amide bonds. The van der Waals surface area contributed by atoms with E-state index < -0.39 is 0 Å². The minimum Gasteiger partial charge on any atom is -0.327 e. The first-order valence-electron chi connectivity index (χ1n) is 6.06. The maximum absolute atomic E-state index is 5.93. The number of rotatable bonds is 7. The molecule has 2 atom stereocenters. The summed E-state index contributed by atoms with van der Waals surface area (Å²) in [5.41, 5.74) is 5.93. The zero-order valence-electron chi connectivity index (χ0n) is 10.6. The molecule has 86 valence electrons. The third-order valence-electron chi connectivity index (χ3n) is 3.39. The lowest BCUT2D eigenvalue weighted by Crippen LogP contribution is -2.46. The summed E-state index contributed by atoms with van der Waals surface area (Å²) in [4.78, 5) is 2.50. The van der Waals surface area contributed by atoms with Gasteiger partial charge in [-0.05, 0) is 26.3 Å². The molecule has 0 rings (SSSR count). The third kappa shape index (κ3) is 4.43. The van der Waals surface area contributed by atoms with Crippen molar-refractivity contribution < 1.29 is 0 Å². The van der Waals surface area contributed by atoms with E-state index in [0.29, 0.717) is 6.04 Å². The maximum Gasteiger partial charge on any atom is 0.0216 e. The van der Waals surface area contributed by atoms with Crippen LogP contribution in [0, 0.1) is 5.92 Å². The zero-order chi connectivity index (χ0) is 11.1. The van der Waals surface area contributed by atoms with Crippen molar-refractivity contribution in [2.24, 2.45) is 11.7 Å². The Labute approximate surface area is 89.9 Å². The largest absolute Gasteiger partial charge is 0.327 e. The van der Waals surface area contributed by atoms with Gasteiger partial charge >= 0.3 is 0 Å². The minimum absolute atomic E-state index is 0.268. The van der Waals surface area contributed by atoms with Crippen LogP contribution < -0.4 is 5.73 Å². The maximum atomic E-state index is 5.93. The average Bonchev–Trinajstić information content (AvgIpc) is 2.19. The molecule has 0 radical (unpaired) electrons. The summed E-state index contributed by atoms with van der Waals surface area (Å²) in [5.74, 6) is 0.830. The number of likely N-dealkylation sites (N-methyl/N-ethyl adjacent to an activating group) is 1. The van der Waals surface area contributed by atoms with Crippen LogP contribution in [0.4, 0.5) is 0 Å². The van der Waals surface area contributed by atoms with E-state index in [2.05, 4.69) is 39.5 Å². The van der Waals surface area contributed by atoms with E-state index in [1.807, 2.05) is 0 Å². The van der Waals surface area contributed by atoms with E-state index in [-0.39, 0.29) is 6.04 Å². The second-order valence-corrected chi connectivity index (χ2v) is 4.37. The molecule has 0 heterocycles. The fourth-order valence-electron chi connectivity index (χ4n) is 1.79. The van der Waals surface area contributed by atoms with Gasteiger partial charge in [0.2, 0.25) is 0 Å². The van der Waals surface area contributed by atoms with Crippen molar-refractivity contribution >= 4 is 0 Å². The Kier molecular flexibility index (Phi) is 7.20. The van der Waals surface area contributed by atoms with Gasteiger partial charge in [0, 0.05) is 18.6 Å². The predicted octanol–water partition coefficient (Wildman–Crippen LogP) is 2.48. The number of hydrogen-bond acceptors (Lipinski definition) is 2. The normalized spacial score (nSPS) is 16.3. The first kappa shape index (κ1) is 13.9. The van der Waals surface area contributed by atoms with Crippen molar-refractivity contribution in [1.29, 1.82) is 0 Å². The van der Waals surface area contributed by atoms with E-state index >= 15 is 0 Å². The van der Waals surface area contributed by atoms with Gasteiger partial charge in [-0.1, -0.05) is 33.6 Å². The van der Waals surface area contributed by atoms with Gasteiger partial charge in [0.15, 0.2) is 0 Å². The molecule has 0 saturated carbocycles. The van der Waals surface area contributed by atoms with E-state index in [1.165, 1.54) is 19.4 Å². The lowest BCUT2D eigenvalue weighted by molar-refractivity contribution is 0.164. The molecule has 14 heavy (non-hydrogen) atoms. The SMILES string of the molecule is CCC(CC)CN(CC)C(C)C(C)N. The molecule has 2 heteroatoms. The summed E-state index contributed by atoms with van der Waals surface area (Å²) < 4.78 is 0. The van der Waals surface area contributed by atoms with Crippen molar-refractivity contribution in [3.8, 4) is 0 Å². The predicted molar refractivity (Wildman–Crippen MR) is 64.4 cm³/mol. The van der Waals surface area contributed by atoms with Crippen molar-refractivity contribution in [3.05, 3.63) is 0 Å². The molecule has 0 bridgehead atoms. The lowest BCUT2D eigenvalue weighted by Gasteiger charge is -2.33. The molecule has 0 aliphatic heterocycles. The monoisotopic (exact) mass is 200 g/mol. The van der Waals surface area contributed by atoms with Gasteiger partial charge in [-0.15, -0.1) is 0 Å². The molecule has 0 aliphatic rings. The second kappa shape index (κ2) is 7.24. The summed E-state index contributed by atoms with van der Waals surface area (Å²) in [5, 5.41) is 0. The van der Waals surface area contributed by atoms with Gasteiger partial charge in [-0.25, -0.2) is 0 Å². The highest BCUT2D eigenvalue weighted by atomic mass is 15.2. The van der Waals surface area contributed by atoms with Crippen LogP contribution in [0.1, 0.15) is 47.5 Å². The molecule has 0 fully saturated rings. The highest BCUT2D eigenvalue weighted by molar-refractivity contribution is 4.75. The fraction of sp³-hybridized carbons (Fsp3) is 1.00. The molecular formula is C12H28N2. The van der Waals surface area contributed by atoms with Crippen LogP contribution in [0.3, 0.4) is 0 Å². The van der Waals surface area contributed by atoms with E-state index in [9.17, 15) is 0 Å². The Morgan fingerprint density at radius 1 is 1.07 bits per heavy atom. The van der Waals surface area contributed by atoms with Gasteiger partial charge in [0.05, 0.1) is 0 Å². The lowest BCUT2D eigenvalue weighted by atomic mass is 10.0. The van der Waals surface area contributed by atoms with Crippen molar-refractivity contribution in [2.45, 2.75) is 59.5 Å². The number of nitrogens with zero attached hydrogens (tertiary/aromatic N) is 1. The highest BCUT2D eigenvalue weighted by Gasteiger charge is 2.18. The van der Waals surface area contributed by atoms with Gasteiger partial charge in [-0.3, -0.25) is 4.90 Å². The Balaban J connectivity index is 4.12. The van der Waals surface area contributed by atoms with Crippen LogP contribution in [0.5, 0.6) is 0 Å². The van der Waals surface area contributed by atoms with Gasteiger partial charge < -0.3 is 5.73 Å². The molecule has 0 saturated heterocycles. The molecule has 2 nitrogen and oxygen atoms in total. The van der Waals surface area contributed by atoms with Crippen LogP contribution >= 0.6 is 0 Å². The van der Waals surface area contributed by atoms with E-state index in [4.69, 9.17) is 5.73 Å². The fourth-order valence-corrected chi connectivity index (χ4v) is 1.79. The number of hydrogen-bond donors (Lipinski definition) is 1. The third-order valence-corrected chi connectivity index (χ3v) is 3.39. The molecule has 0 aromatic carbocycles. The minimum atomic E-state index is 0.268. The van der Waals surface area contributed by atoms with Gasteiger partial charge in [-0.2, -0.15) is 0 Å². The van der Waals surface area contributed by atoms with Crippen molar-refractivity contribution in [3.63, 3.8) is 0 Å². The van der Waals surface area contributed by atoms with E-state index in [0.717, 1.165) is 12.5 Å². The van der Waals surface area contributed by atoms with Crippen molar-refractivity contribution in [2.75, 3.05) is 13.1 Å².